The van der Waals surface area contributed by atoms with Crippen molar-refractivity contribution in [2.45, 2.75) is 13.5 Å². The lowest BCUT2D eigenvalue weighted by Gasteiger charge is -2.16. The highest BCUT2D eigenvalue weighted by Gasteiger charge is 2.19. The fraction of sp³-hybridized carbons (Fsp3) is 0.111. The van der Waals surface area contributed by atoms with Crippen molar-refractivity contribution in [3.05, 3.63) is 95.6 Å². The second kappa shape index (κ2) is 9.23. The van der Waals surface area contributed by atoms with E-state index >= 15 is 0 Å². The molecule has 4 rings (SSSR count). The average molecular weight is 422 g/mol. The van der Waals surface area contributed by atoms with E-state index in [1.807, 2.05) is 85.8 Å². The highest BCUT2D eigenvalue weighted by atomic mass is 16.5. The molecule has 0 bridgehead atoms. The number of benzene rings is 3. The van der Waals surface area contributed by atoms with Crippen LogP contribution in [0.5, 0.6) is 11.5 Å². The number of nitriles is 1. The van der Waals surface area contributed by atoms with Crippen molar-refractivity contribution in [1.82, 2.24) is 4.98 Å². The second-order valence-corrected chi connectivity index (χ2v) is 7.36. The van der Waals surface area contributed by atoms with Gasteiger partial charge in [-0.25, -0.2) is 4.98 Å². The molecule has 0 amide bonds. The highest BCUT2D eigenvalue weighted by molar-refractivity contribution is 5.84. The third-order valence-electron chi connectivity index (χ3n) is 5.31. The Morgan fingerprint density at radius 1 is 0.906 bits per heavy atom. The molecule has 0 radical (unpaired) electrons. The number of rotatable bonds is 6. The van der Waals surface area contributed by atoms with E-state index in [9.17, 15) is 5.26 Å². The Bertz CT molecular complexity index is 1280. The number of nitrogens with zero attached hydrogens (tertiary/aromatic N) is 2. The molecule has 0 saturated heterocycles. The smallest absolute Gasteiger partial charge is 0.142 e. The molecule has 2 N–H and O–H groups in total. The summed E-state index contributed by atoms with van der Waals surface area (Å²) in [7, 11) is 1.63. The molecule has 1 heterocycles. The van der Waals surface area contributed by atoms with E-state index in [2.05, 4.69) is 11.1 Å². The van der Waals surface area contributed by atoms with E-state index in [-0.39, 0.29) is 5.82 Å². The van der Waals surface area contributed by atoms with Gasteiger partial charge in [0, 0.05) is 11.1 Å². The molecule has 5 nitrogen and oxygen atoms in total. The van der Waals surface area contributed by atoms with Crippen LogP contribution in [-0.4, -0.2) is 12.1 Å². The maximum Gasteiger partial charge on any atom is 0.142 e. The number of nitrogen functional groups attached to an aromatic ring is 1. The highest BCUT2D eigenvalue weighted by Crippen LogP contribution is 2.37. The Balaban J connectivity index is 1.75. The van der Waals surface area contributed by atoms with Crippen LogP contribution in [0.1, 0.15) is 16.7 Å². The fourth-order valence-electron chi connectivity index (χ4n) is 3.68. The number of nitrogens with two attached hydrogens (primary N) is 1. The molecule has 4 aromatic rings. The first-order chi connectivity index (χ1) is 15.6. The maximum atomic E-state index is 9.82. The zero-order chi connectivity index (χ0) is 22.5. The van der Waals surface area contributed by atoms with Gasteiger partial charge in [-0.3, -0.25) is 0 Å². The van der Waals surface area contributed by atoms with E-state index in [1.54, 1.807) is 7.11 Å². The van der Waals surface area contributed by atoms with Gasteiger partial charge >= 0.3 is 0 Å². The van der Waals surface area contributed by atoms with Crippen molar-refractivity contribution in [3.8, 4) is 40.0 Å². The molecule has 0 aliphatic heterocycles. The van der Waals surface area contributed by atoms with Crippen molar-refractivity contribution >= 4 is 5.82 Å². The lowest BCUT2D eigenvalue weighted by Crippen LogP contribution is -2.03. The van der Waals surface area contributed by atoms with Gasteiger partial charge in [0.1, 0.15) is 35.6 Å². The SMILES string of the molecule is COc1ccc(-c2nc(N)c(C#N)c(-c3cccc(OCc4ccccc4)c3)c2C)cc1. The van der Waals surface area contributed by atoms with Crippen molar-refractivity contribution in [3.63, 3.8) is 0 Å². The lowest BCUT2D eigenvalue weighted by molar-refractivity contribution is 0.306. The fourth-order valence-corrected chi connectivity index (χ4v) is 3.68. The lowest BCUT2D eigenvalue weighted by atomic mass is 9.92. The molecule has 3 aromatic carbocycles. The van der Waals surface area contributed by atoms with E-state index < -0.39 is 0 Å². The van der Waals surface area contributed by atoms with Gasteiger partial charge in [-0.05, 0) is 60.0 Å². The maximum absolute atomic E-state index is 9.82. The zero-order valence-corrected chi connectivity index (χ0v) is 18.0. The standard InChI is InChI=1S/C27H23N3O2/c1-18-25(21-9-6-10-23(15-21)32-17-19-7-4-3-5-8-19)24(16-28)27(29)30-26(18)20-11-13-22(31-2)14-12-20/h3-15H,17H2,1-2H3,(H2,29,30). The Hall–Kier alpha value is -4.30. The first-order valence-electron chi connectivity index (χ1n) is 10.2. The second-order valence-electron chi connectivity index (χ2n) is 7.36. The number of pyridine rings is 1. The van der Waals surface area contributed by atoms with Crippen molar-refractivity contribution < 1.29 is 9.47 Å². The van der Waals surface area contributed by atoms with Crippen LogP contribution in [-0.2, 0) is 6.61 Å². The zero-order valence-electron chi connectivity index (χ0n) is 18.0. The predicted octanol–water partition coefficient (Wildman–Crippen LogP) is 5.77. The van der Waals surface area contributed by atoms with Crippen molar-refractivity contribution in [1.29, 1.82) is 5.26 Å². The van der Waals surface area contributed by atoms with Gasteiger partial charge in [0.15, 0.2) is 0 Å². The Morgan fingerprint density at radius 3 is 2.34 bits per heavy atom. The summed E-state index contributed by atoms with van der Waals surface area (Å²) < 4.78 is 11.2. The van der Waals surface area contributed by atoms with Crippen molar-refractivity contribution in [2.24, 2.45) is 0 Å². The molecule has 32 heavy (non-hydrogen) atoms. The molecule has 0 unspecified atom stereocenters. The van der Waals surface area contributed by atoms with Crippen LogP contribution in [0.4, 0.5) is 5.82 Å². The Labute approximate surface area is 187 Å². The Morgan fingerprint density at radius 2 is 1.66 bits per heavy atom. The summed E-state index contributed by atoms with van der Waals surface area (Å²) in [5.74, 6) is 1.68. The summed E-state index contributed by atoms with van der Waals surface area (Å²) in [6.45, 7) is 2.42. The molecule has 0 fully saturated rings. The summed E-state index contributed by atoms with van der Waals surface area (Å²) in [6.07, 6.45) is 0. The first-order valence-corrected chi connectivity index (χ1v) is 10.2. The largest absolute Gasteiger partial charge is 0.497 e. The molecule has 0 saturated carbocycles. The minimum absolute atomic E-state index is 0.203. The summed E-state index contributed by atoms with van der Waals surface area (Å²) in [4.78, 5) is 4.54. The molecule has 158 valence electrons. The van der Waals surface area contributed by atoms with E-state index in [0.29, 0.717) is 12.2 Å². The predicted molar refractivity (Wildman–Crippen MR) is 126 cm³/mol. The van der Waals surface area contributed by atoms with Gasteiger partial charge in [-0.2, -0.15) is 5.26 Å². The molecular weight excluding hydrogens is 398 g/mol. The van der Waals surface area contributed by atoms with Crippen LogP contribution in [0.2, 0.25) is 0 Å². The van der Waals surface area contributed by atoms with Gasteiger partial charge in [0.2, 0.25) is 0 Å². The van der Waals surface area contributed by atoms with Crippen LogP contribution >= 0.6 is 0 Å². The normalized spacial score (nSPS) is 10.4. The van der Waals surface area contributed by atoms with Crippen molar-refractivity contribution in [2.75, 3.05) is 12.8 Å². The molecule has 0 spiro atoms. The monoisotopic (exact) mass is 421 g/mol. The molecule has 0 aliphatic carbocycles. The van der Waals surface area contributed by atoms with Crippen LogP contribution in [0, 0.1) is 18.3 Å². The number of hydrogen-bond acceptors (Lipinski definition) is 5. The van der Waals surface area contributed by atoms with Gasteiger partial charge in [-0.15, -0.1) is 0 Å². The summed E-state index contributed by atoms with van der Waals surface area (Å²) in [5.41, 5.74) is 11.8. The quantitative estimate of drug-likeness (QED) is 0.428. The number of anilines is 1. The van der Waals surface area contributed by atoms with E-state index in [0.717, 1.165) is 45.0 Å². The summed E-state index contributed by atoms with van der Waals surface area (Å²) >= 11 is 0. The van der Waals surface area contributed by atoms with Gasteiger partial charge in [0.05, 0.1) is 12.8 Å². The topological polar surface area (TPSA) is 81.2 Å². The minimum atomic E-state index is 0.203. The Kier molecular flexibility index (Phi) is 6.05. The number of hydrogen-bond donors (Lipinski definition) is 1. The number of aromatic nitrogens is 1. The third-order valence-corrected chi connectivity index (χ3v) is 5.31. The molecule has 0 aliphatic rings. The van der Waals surface area contributed by atoms with E-state index in [4.69, 9.17) is 15.2 Å². The number of methoxy groups -OCH3 is 1. The van der Waals surface area contributed by atoms with Crippen LogP contribution in [0.25, 0.3) is 22.4 Å². The first kappa shape index (κ1) is 21.0. The van der Waals surface area contributed by atoms with Crippen LogP contribution < -0.4 is 15.2 Å². The minimum Gasteiger partial charge on any atom is -0.497 e. The summed E-state index contributed by atoms with van der Waals surface area (Å²) in [5, 5.41) is 9.82. The van der Waals surface area contributed by atoms with Crippen LogP contribution in [0.3, 0.4) is 0 Å². The third kappa shape index (κ3) is 4.26. The number of ether oxygens (including phenoxy) is 2. The average Bonchev–Trinajstić information content (AvgIpc) is 2.84. The van der Waals surface area contributed by atoms with Gasteiger partial charge in [0.25, 0.3) is 0 Å². The molecule has 5 heteroatoms. The van der Waals surface area contributed by atoms with Gasteiger partial charge < -0.3 is 15.2 Å². The summed E-state index contributed by atoms with van der Waals surface area (Å²) in [6, 6.07) is 27.5. The molecular formula is C27H23N3O2. The van der Waals surface area contributed by atoms with Crippen LogP contribution in [0.15, 0.2) is 78.9 Å². The van der Waals surface area contributed by atoms with Gasteiger partial charge in [-0.1, -0.05) is 42.5 Å². The molecule has 1 aromatic heterocycles. The van der Waals surface area contributed by atoms with E-state index in [1.165, 1.54) is 0 Å². The molecule has 0 atom stereocenters.